The lowest BCUT2D eigenvalue weighted by molar-refractivity contribution is -0.153. The van der Waals surface area contributed by atoms with Crippen molar-refractivity contribution < 1.29 is 22.7 Å². The van der Waals surface area contributed by atoms with Gasteiger partial charge in [0.15, 0.2) is 6.61 Å². The molecule has 0 aliphatic heterocycles. The number of hydrogen-bond acceptors (Lipinski definition) is 5. The van der Waals surface area contributed by atoms with Crippen molar-refractivity contribution in [1.82, 2.24) is 9.62 Å². The van der Waals surface area contributed by atoms with Crippen LogP contribution in [0.25, 0.3) is 0 Å². The zero-order valence-electron chi connectivity index (χ0n) is 16.9. The molecular formula is C19H30N2O5S. The molecule has 152 valence electrons. The Kier molecular flexibility index (Phi) is 8.43. The number of amides is 1. The molecule has 1 N–H and O–H groups in total. The minimum atomic E-state index is -3.70. The number of hydrogen-bond donors (Lipinski definition) is 1. The summed E-state index contributed by atoms with van der Waals surface area (Å²) < 4.78 is 32.0. The smallest absolute Gasteiger partial charge is 0.307 e. The van der Waals surface area contributed by atoms with E-state index < -0.39 is 16.0 Å². The van der Waals surface area contributed by atoms with E-state index in [9.17, 15) is 18.0 Å². The highest BCUT2D eigenvalue weighted by Crippen LogP contribution is 2.16. The van der Waals surface area contributed by atoms with Crippen LogP contribution in [0.4, 0.5) is 0 Å². The van der Waals surface area contributed by atoms with Crippen LogP contribution in [0.5, 0.6) is 0 Å². The second-order valence-electron chi connectivity index (χ2n) is 7.07. The molecule has 0 aliphatic carbocycles. The van der Waals surface area contributed by atoms with Crippen LogP contribution in [0.3, 0.4) is 0 Å². The lowest BCUT2D eigenvalue weighted by Crippen LogP contribution is -2.44. The van der Waals surface area contributed by atoms with Crippen LogP contribution in [-0.2, 0) is 24.3 Å². The molecule has 27 heavy (non-hydrogen) atoms. The molecule has 1 aromatic rings. The molecule has 1 amide bonds. The van der Waals surface area contributed by atoms with E-state index in [1.54, 1.807) is 24.0 Å². The summed E-state index contributed by atoms with van der Waals surface area (Å²) in [7, 11) is -3.70. The maximum absolute atomic E-state index is 12.3. The molecule has 0 heterocycles. The molecule has 1 aromatic carbocycles. The van der Waals surface area contributed by atoms with Gasteiger partial charge in [0.25, 0.3) is 5.91 Å². The molecule has 0 atom stereocenters. The first-order valence-corrected chi connectivity index (χ1v) is 10.5. The van der Waals surface area contributed by atoms with Crippen LogP contribution >= 0.6 is 0 Å². The van der Waals surface area contributed by atoms with Gasteiger partial charge in [-0.15, -0.1) is 0 Å². The largest absolute Gasteiger partial charge is 0.456 e. The molecule has 8 heteroatoms. The van der Waals surface area contributed by atoms with E-state index in [0.717, 1.165) is 5.56 Å². The van der Waals surface area contributed by atoms with Gasteiger partial charge in [-0.1, -0.05) is 17.7 Å². The molecule has 0 fully saturated rings. The quantitative estimate of drug-likeness (QED) is 0.644. The lowest BCUT2D eigenvalue weighted by atomic mass is 10.2. The molecule has 1 rings (SSSR count). The van der Waals surface area contributed by atoms with Crippen LogP contribution in [0.15, 0.2) is 23.1 Å². The van der Waals surface area contributed by atoms with Crippen molar-refractivity contribution in [3.8, 4) is 0 Å². The van der Waals surface area contributed by atoms with Gasteiger partial charge in [0, 0.05) is 18.6 Å². The van der Waals surface area contributed by atoms with Crippen molar-refractivity contribution in [1.29, 1.82) is 0 Å². The number of nitrogens with one attached hydrogen (secondary N) is 1. The SMILES string of the molecule is Cc1ccc(S(=O)(=O)NCCC(=O)OCC(=O)N(C(C)C)C(C)C)c(C)c1. The second-order valence-corrected chi connectivity index (χ2v) is 8.80. The van der Waals surface area contributed by atoms with Crippen LogP contribution < -0.4 is 4.72 Å². The predicted octanol–water partition coefficient (Wildman–Crippen LogP) is 2.16. The van der Waals surface area contributed by atoms with Crippen molar-refractivity contribution in [2.45, 2.75) is 64.9 Å². The topological polar surface area (TPSA) is 92.8 Å². The Morgan fingerprint density at radius 3 is 2.22 bits per heavy atom. The van der Waals surface area contributed by atoms with Gasteiger partial charge < -0.3 is 9.64 Å². The fraction of sp³-hybridized carbons (Fsp3) is 0.579. The van der Waals surface area contributed by atoms with Gasteiger partial charge in [-0.2, -0.15) is 0 Å². The Morgan fingerprint density at radius 1 is 1.11 bits per heavy atom. The number of nitrogens with zero attached hydrogens (tertiary/aromatic N) is 1. The summed E-state index contributed by atoms with van der Waals surface area (Å²) in [5.74, 6) is -0.900. The maximum Gasteiger partial charge on any atom is 0.307 e. The zero-order valence-corrected chi connectivity index (χ0v) is 17.7. The van der Waals surface area contributed by atoms with Gasteiger partial charge in [-0.3, -0.25) is 9.59 Å². The number of sulfonamides is 1. The summed E-state index contributed by atoms with van der Waals surface area (Å²) in [6.45, 7) is 10.7. The van der Waals surface area contributed by atoms with Gasteiger partial charge >= 0.3 is 5.97 Å². The molecular weight excluding hydrogens is 368 g/mol. The Morgan fingerprint density at radius 2 is 1.70 bits per heavy atom. The van der Waals surface area contributed by atoms with Gasteiger partial charge in [0.05, 0.1) is 11.3 Å². The molecule has 0 bridgehead atoms. The number of esters is 1. The third-order valence-electron chi connectivity index (χ3n) is 4.00. The number of benzene rings is 1. The van der Waals surface area contributed by atoms with Crippen LogP contribution in [0.2, 0.25) is 0 Å². The highest BCUT2D eigenvalue weighted by Gasteiger charge is 2.21. The average molecular weight is 399 g/mol. The summed E-state index contributed by atoms with van der Waals surface area (Å²) in [5, 5.41) is 0. The molecule has 0 radical (unpaired) electrons. The van der Waals surface area contributed by atoms with Gasteiger partial charge in [-0.05, 0) is 53.2 Å². The number of ether oxygens (including phenoxy) is 1. The highest BCUT2D eigenvalue weighted by atomic mass is 32.2. The van der Waals surface area contributed by atoms with Gasteiger partial charge in [0.2, 0.25) is 10.0 Å². The number of carbonyl (C=O) groups excluding carboxylic acids is 2. The molecule has 0 saturated heterocycles. The molecule has 0 aromatic heterocycles. The van der Waals surface area contributed by atoms with Crippen molar-refractivity contribution in [2.75, 3.05) is 13.2 Å². The molecule has 0 aliphatic rings. The summed E-state index contributed by atoms with van der Waals surface area (Å²) in [6, 6.07) is 5.04. The monoisotopic (exact) mass is 398 g/mol. The van der Waals surface area contributed by atoms with Crippen molar-refractivity contribution in [3.05, 3.63) is 29.3 Å². The fourth-order valence-corrected chi connectivity index (χ4v) is 4.18. The first-order chi connectivity index (χ1) is 12.5. The third-order valence-corrected chi connectivity index (χ3v) is 5.62. The molecule has 0 spiro atoms. The van der Waals surface area contributed by atoms with E-state index in [2.05, 4.69) is 4.72 Å². The Bertz CT molecular complexity index is 764. The Hall–Kier alpha value is -1.93. The average Bonchev–Trinajstić information content (AvgIpc) is 2.51. The summed E-state index contributed by atoms with van der Waals surface area (Å²) in [4.78, 5) is 25.8. The Balaban J connectivity index is 2.52. The standard InChI is InChI=1S/C19H30N2O5S/c1-13(2)21(14(3)4)18(22)12-26-19(23)9-10-20-27(24,25)17-8-7-15(5)11-16(17)6/h7-8,11,13-14,20H,9-10,12H2,1-6H3. The predicted molar refractivity (Wildman–Crippen MR) is 104 cm³/mol. The maximum atomic E-state index is 12.3. The van der Waals surface area contributed by atoms with E-state index in [4.69, 9.17) is 4.74 Å². The molecule has 7 nitrogen and oxygen atoms in total. The number of aryl methyl sites for hydroxylation is 2. The molecule has 0 saturated carbocycles. The first-order valence-electron chi connectivity index (χ1n) is 8.99. The van der Waals surface area contributed by atoms with Crippen LogP contribution in [0, 0.1) is 13.8 Å². The van der Waals surface area contributed by atoms with Crippen molar-refractivity contribution >= 4 is 21.9 Å². The summed E-state index contributed by atoms with van der Waals surface area (Å²) >= 11 is 0. The first kappa shape index (κ1) is 23.1. The highest BCUT2D eigenvalue weighted by molar-refractivity contribution is 7.89. The summed E-state index contributed by atoms with van der Waals surface area (Å²) in [6.07, 6.45) is -0.152. The minimum Gasteiger partial charge on any atom is -0.456 e. The van der Waals surface area contributed by atoms with Gasteiger partial charge in [-0.25, -0.2) is 13.1 Å². The van der Waals surface area contributed by atoms with E-state index in [0.29, 0.717) is 5.56 Å². The third kappa shape index (κ3) is 6.95. The minimum absolute atomic E-state index is 0.000704. The van der Waals surface area contributed by atoms with Crippen molar-refractivity contribution in [2.24, 2.45) is 0 Å². The van der Waals surface area contributed by atoms with Crippen molar-refractivity contribution in [3.63, 3.8) is 0 Å². The van der Waals surface area contributed by atoms with E-state index in [1.165, 1.54) is 6.07 Å². The zero-order chi connectivity index (χ0) is 20.8. The lowest BCUT2D eigenvalue weighted by Gasteiger charge is -2.30. The van der Waals surface area contributed by atoms with Crippen LogP contribution in [-0.4, -0.2) is 50.4 Å². The van der Waals surface area contributed by atoms with E-state index in [1.807, 2.05) is 34.6 Å². The van der Waals surface area contributed by atoms with Crippen LogP contribution in [0.1, 0.15) is 45.2 Å². The second kappa shape index (κ2) is 9.85. The van der Waals surface area contributed by atoms with Gasteiger partial charge in [0.1, 0.15) is 0 Å². The number of carbonyl (C=O) groups is 2. The normalized spacial score (nSPS) is 11.7. The summed E-state index contributed by atoms with van der Waals surface area (Å²) in [5.41, 5.74) is 1.61. The molecule has 0 unspecified atom stereocenters. The van der Waals surface area contributed by atoms with E-state index in [-0.39, 0.29) is 42.5 Å². The van der Waals surface area contributed by atoms with E-state index >= 15 is 0 Å². The fourth-order valence-electron chi connectivity index (χ4n) is 2.93. The number of rotatable bonds is 9. The Labute approximate surface area is 162 Å².